The van der Waals surface area contributed by atoms with Crippen LogP contribution in [-0.2, 0) is 20.0 Å². The van der Waals surface area contributed by atoms with Crippen LogP contribution in [0, 0.1) is 0 Å². The minimum Gasteiger partial charge on any atom is -0.196 e. The Hall–Kier alpha value is -1.76. The van der Waals surface area contributed by atoms with Crippen LogP contribution in [0.1, 0.15) is 5.56 Å². The molecule has 0 unspecified atom stereocenters. The molecule has 0 fully saturated rings. The summed E-state index contributed by atoms with van der Waals surface area (Å²) in [4.78, 5) is 0. The van der Waals surface area contributed by atoms with E-state index in [4.69, 9.17) is 0 Å². The number of nitrogens with zero attached hydrogens (tertiary/aromatic N) is 1. The van der Waals surface area contributed by atoms with Crippen molar-refractivity contribution in [2.45, 2.75) is 11.0 Å². The van der Waals surface area contributed by atoms with Crippen molar-refractivity contribution >= 4 is 26.1 Å². The van der Waals surface area contributed by atoms with Gasteiger partial charge in [-0.1, -0.05) is 30.3 Å². The van der Waals surface area contributed by atoms with Gasteiger partial charge in [0.1, 0.15) is 0 Å². The van der Waals surface area contributed by atoms with E-state index in [0.29, 0.717) is 6.08 Å². The number of benzene rings is 1. The first-order valence-electron chi connectivity index (χ1n) is 5.36. The summed E-state index contributed by atoms with van der Waals surface area (Å²) in [6.07, 6.45) is 0.160. The van der Waals surface area contributed by atoms with Gasteiger partial charge in [-0.2, -0.15) is 46.9 Å². The Morgan fingerprint density at radius 3 is 1.52 bits per heavy atom. The molecular weight excluding hydrogens is 376 g/mol. The molecule has 1 aromatic carbocycles. The van der Waals surface area contributed by atoms with E-state index in [1.165, 1.54) is 30.3 Å². The van der Waals surface area contributed by atoms with E-state index in [2.05, 4.69) is 0 Å². The second kappa shape index (κ2) is 6.03. The molecule has 0 aliphatic carbocycles. The van der Waals surface area contributed by atoms with E-state index in [1.807, 2.05) is 0 Å². The van der Waals surface area contributed by atoms with Crippen LogP contribution in [0.5, 0.6) is 0 Å². The fourth-order valence-corrected chi connectivity index (χ4v) is 3.60. The third-order valence-corrected chi connectivity index (χ3v) is 5.79. The third-order valence-electron chi connectivity index (χ3n) is 2.25. The Bertz CT molecular complexity index is 737. The summed E-state index contributed by atoms with van der Waals surface area (Å²) in [5, 5.41) is 0. The summed E-state index contributed by atoms with van der Waals surface area (Å²) in [7, 11) is -13.6. The van der Waals surface area contributed by atoms with E-state index >= 15 is 0 Å². The lowest BCUT2D eigenvalue weighted by atomic mass is 10.2. The van der Waals surface area contributed by atoms with Crippen molar-refractivity contribution in [3.8, 4) is 0 Å². The van der Waals surface area contributed by atoms with E-state index in [-0.39, 0.29) is 11.8 Å². The molecule has 0 atom stereocenters. The lowest BCUT2D eigenvalue weighted by Gasteiger charge is -2.22. The van der Waals surface area contributed by atoms with Crippen molar-refractivity contribution in [2.24, 2.45) is 0 Å². The van der Waals surface area contributed by atoms with Crippen molar-refractivity contribution in [1.82, 2.24) is 3.71 Å². The van der Waals surface area contributed by atoms with Gasteiger partial charge in [-0.3, -0.25) is 0 Å². The standard InChI is InChI=1S/C10H7F6NO4S2/c11-9(12,13)22(18,19)17(23(20,21)10(14,15)16)7-6-8-4-2-1-3-5-8/h1-7H/b7-6+. The van der Waals surface area contributed by atoms with Crippen molar-refractivity contribution in [3.63, 3.8) is 0 Å². The molecule has 0 bridgehead atoms. The minimum atomic E-state index is -6.81. The predicted octanol–water partition coefficient (Wildman–Crippen LogP) is 2.66. The highest BCUT2D eigenvalue weighted by atomic mass is 32.3. The molecule has 1 rings (SSSR count). The molecule has 0 amide bonds. The maximum atomic E-state index is 12.4. The summed E-state index contributed by atoms with van der Waals surface area (Å²) in [6, 6.07) is 6.57. The largest absolute Gasteiger partial charge is 0.517 e. The fourth-order valence-electron chi connectivity index (χ4n) is 1.20. The molecule has 0 saturated carbocycles. The maximum absolute atomic E-state index is 12.4. The molecule has 0 aliphatic rings. The van der Waals surface area contributed by atoms with Crippen LogP contribution in [0.3, 0.4) is 0 Å². The zero-order valence-electron chi connectivity index (χ0n) is 10.7. The molecule has 13 heteroatoms. The number of alkyl halides is 6. The van der Waals surface area contributed by atoms with Crippen molar-refractivity contribution in [3.05, 3.63) is 42.1 Å². The molecule has 1 aromatic rings. The quantitative estimate of drug-likeness (QED) is 0.750. The molecule has 0 spiro atoms. The summed E-state index contributed by atoms with van der Waals surface area (Å²) < 4.78 is 117. The van der Waals surface area contributed by atoms with Gasteiger partial charge in [0.2, 0.25) is 0 Å². The number of hydrogen-bond acceptors (Lipinski definition) is 4. The van der Waals surface area contributed by atoms with Crippen LogP contribution in [-0.4, -0.2) is 31.6 Å². The van der Waals surface area contributed by atoms with Crippen molar-refractivity contribution in [1.29, 1.82) is 0 Å². The van der Waals surface area contributed by atoms with Gasteiger partial charge in [0.15, 0.2) is 0 Å². The second-order valence-electron chi connectivity index (χ2n) is 3.85. The van der Waals surface area contributed by atoms with Crippen molar-refractivity contribution < 1.29 is 43.2 Å². The molecule has 0 aromatic heterocycles. The van der Waals surface area contributed by atoms with Gasteiger partial charge in [0, 0.05) is 6.20 Å². The fraction of sp³-hybridized carbons (Fsp3) is 0.200. The zero-order valence-corrected chi connectivity index (χ0v) is 12.3. The highest BCUT2D eigenvalue weighted by Gasteiger charge is 2.60. The number of halogens is 6. The average molecular weight is 383 g/mol. The third kappa shape index (κ3) is 3.96. The lowest BCUT2D eigenvalue weighted by molar-refractivity contribution is -0.0516. The van der Waals surface area contributed by atoms with Gasteiger partial charge in [-0.05, 0) is 11.6 Å². The first-order valence-corrected chi connectivity index (χ1v) is 8.24. The van der Waals surface area contributed by atoms with E-state index in [9.17, 15) is 43.2 Å². The van der Waals surface area contributed by atoms with Crippen LogP contribution < -0.4 is 0 Å². The smallest absolute Gasteiger partial charge is 0.196 e. The van der Waals surface area contributed by atoms with Crippen molar-refractivity contribution in [2.75, 3.05) is 0 Å². The maximum Gasteiger partial charge on any atom is 0.517 e. The van der Waals surface area contributed by atoms with E-state index in [0.717, 1.165) is 0 Å². The first kappa shape index (κ1) is 19.3. The van der Waals surface area contributed by atoms with Gasteiger partial charge >= 0.3 is 31.1 Å². The lowest BCUT2D eigenvalue weighted by Crippen LogP contribution is -2.46. The Labute approximate surface area is 126 Å². The van der Waals surface area contributed by atoms with Gasteiger partial charge in [-0.15, -0.1) is 0 Å². The summed E-state index contributed by atoms with van der Waals surface area (Å²) in [5.74, 6) is 0. The molecule has 130 valence electrons. The van der Waals surface area contributed by atoms with E-state index < -0.39 is 34.8 Å². The number of rotatable bonds is 4. The van der Waals surface area contributed by atoms with Gasteiger partial charge in [0.05, 0.1) is 0 Å². The SMILES string of the molecule is O=S(=O)(N(/C=C/c1ccccc1)S(=O)(=O)C(F)(F)F)C(F)(F)F. The van der Waals surface area contributed by atoms with Crippen LogP contribution in [0.4, 0.5) is 26.3 Å². The second-order valence-corrected chi connectivity index (χ2v) is 7.70. The monoisotopic (exact) mass is 383 g/mol. The van der Waals surface area contributed by atoms with Crippen LogP contribution >= 0.6 is 0 Å². The summed E-state index contributed by atoms with van der Waals surface area (Å²) in [6.45, 7) is 0. The van der Waals surface area contributed by atoms with Gasteiger partial charge < -0.3 is 0 Å². The van der Waals surface area contributed by atoms with Crippen LogP contribution in [0.2, 0.25) is 0 Å². The Morgan fingerprint density at radius 1 is 0.783 bits per heavy atom. The molecule has 23 heavy (non-hydrogen) atoms. The Balaban J connectivity index is 3.50. The molecule has 0 heterocycles. The predicted molar refractivity (Wildman–Crippen MR) is 67.3 cm³/mol. The van der Waals surface area contributed by atoms with Crippen LogP contribution in [0.25, 0.3) is 6.08 Å². The summed E-state index contributed by atoms with van der Waals surface area (Å²) in [5.41, 5.74) is -12.5. The van der Waals surface area contributed by atoms with Crippen LogP contribution in [0.15, 0.2) is 36.5 Å². The molecule has 0 aliphatic heterocycles. The average Bonchev–Trinajstić information content (AvgIpc) is 2.37. The number of hydrogen-bond donors (Lipinski definition) is 0. The topological polar surface area (TPSA) is 71.5 Å². The highest BCUT2D eigenvalue weighted by molar-refractivity contribution is 8.05. The molecule has 0 saturated heterocycles. The Morgan fingerprint density at radius 2 is 1.17 bits per heavy atom. The molecular formula is C10H7F6NO4S2. The van der Waals surface area contributed by atoms with Gasteiger partial charge in [0.25, 0.3) is 0 Å². The molecule has 0 radical (unpaired) electrons. The normalized spacial score (nSPS) is 14.2. The highest BCUT2D eigenvalue weighted by Crippen LogP contribution is 2.35. The molecule has 0 N–H and O–H groups in total. The first-order chi connectivity index (χ1) is 10.2. The summed E-state index contributed by atoms with van der Waals surface area (Å²) >= 11 is 0. The zero-order chi connectivity index (χ0) is 18.1. The van der Waals surface area contributed by atoms with Gasteiger partial charge in [-0.25, -0.2) is 0 Å². The Kier molecular flexibility index (Phi) is 5.06. The van der Waals surface area contributed by atoms with E-state index in [1.54, 1.807) is 0 Å². The molecule has 5 nitrogen and oxygen atoms in total. The minimum absolute atomic E-state index is 0.0211. The number of sulfonamides is 2.